The molecule has 0 radical (unpaired) electrons. The molecule has 0 saturated carbocycles. The molecule has 1 aromatic carbocycles. The van der Waals surface area contributed by atoms with Gasteiger partial charge in [0.15, 0.2) is 0 Å². The first-order chi connectivity index (χ1) is 9.49. The van der Waals surface area contributed by atoms with Crippen molar-refractivity contribution in [2.24, 2.45) is 0 Å². The summed E-state index contributed by atoms with van der Waals surface area (Å²) in [7, 11) is 2.97. The van der Waals surface area contributed by atoms with Crippen LogP contribution in [0.25, 0.3) is 5.69 Å². The fourth-order valence-electron chi connectivity index (χ4n) is 2.29. The van der Waals surface area contributed by atoms with E-state index in [0.717, 1.165) is 17.1 Å². The Kier molecular flexibility index (Phi) is 4.04. The zero-order valence-electron chi connectivity index (χ0n) is 11.9. The number of ether oxygens (including phenoxy) is 2. The van der Waals surface area contributed by atoms with Gasteiger partial charge < -0.3 is 14.0 Å². The van der Waals surface area contributed by atoms with Crippen LogP contribution in [0.5, 0.6) is 5.75 Å². The molecule has 0 aliphatic carbocycles. The van der Waals surface area contributed by atoms with Crippen molar-refractivity contribution < 1.29 is 14.3 Å². The average Bonchev–Trinajstić information content (AvgIpc) is 2.73. The van der Waals surface area contributed by atoms with E-state index in [1.54, 1.807) is 31.4 Å². The van der Waals surface area contributed by atoms with Gasteiger partial charge in [-0.15, -0.1) is 0 Å². The summed E-state index contributed by atoms with van der Waals surface area (Å²) >= 11 is 6.06. The first-order valence-electron chi connectivity index (χ1n) is 6.10. The fraction of sp³-hybridized carbons (Fsp3) is 0.267. The Bertz CT molecular complexity index is 661. The zero-order chi connectivity index (χ0) is 14.9. The monoisotopic (exact) mass is 293 g/mol. The molecule has 1 aromatic heterocycles. The topological polar surface area (TPSA) is 40.5 Å². The van der Waals surface area contributed by atoms with Crippen LogP contribution in [0.4, 0.5) is 0 Å². The van der Waals surface area contributed by atoms with Gasteiger partial charge in [0.1, 0.15) is 5.75 Å². The summed E-state index contributed by atoms with van der Waals surface area (Å²) < 4.78 is 12.1. The Morgan fingerprint density at radius 1 is 1.20 bits per heavy atom. The molecule has 0 saturated heterocycles. The Morgan fingerprint density at radius 3 is 2.50 bits per heavy atom. The Hall–Kier alpha value is -1.94. The minimum Gasteiger partial charge on any atom is -0.495 e. The van der Waals surface area contributed by atoms with Gasteiger partial charge in [0, 0.05) is 16.4 Å². The van der Waals surface area contributed by atoms with Crippen molar-refractivity contribution in [2.45, 2.75) is 13.8 Å². The fourth-order valence-corrected chi connectivity index (χ4v) is 2.45. The largest absolute Gasteiger partial charge is 0.495 e. The number of benzene rings is 1. The minimum atomic E-state index is -0.356. The summed E-state index contributed by atoms with van der Waals surface area (Å²) in [6.45, 7) is 3.78. The van der Waals surface area contributed by atoms with Crippen LogP contribution in [0, 0.1) is 13.8 Å². The SMILES string of the molecule is COC(=O)c1cc(C)n(-c2cc(Cl)ccc2OC)c1C. The molecule has 0 bridgehead atoms. The number of hydrogen-bond donors (Lipinski definition) is 0. The molecule has 0 N–H and O–H groups in total. The van der Waals surface area contributed by atoms with Crippen molar-refractivity contribution in [3.8, 4) is 11.4 Å². The highest BCUT2D eigenvalue weighted by Gasteiger charge is 2.19. The molecular formula is C15H16ClNO3. The van der Waals surface area contributed by atoms with Crippen molar-refractivity contribution >= 4 is 17.6 Å². The van der Waals surface area contributed by atoms with Crippen LogP contribution in [-0.4, -0.2) is 24.8 Å². The third-order valence-electron chi connectivity index (χ3n) is 3.22. The quantitative estimate of drug-likeness (QED) is 0.813. The lowest BCUT2D eigenvalue weighted by atomic mass is 10.2. The molecule has 0 spiro atoms. The van der Waals surface area contributed by atoms with E-state index in [1.807, 2.05) is 18.4 Å². The van der Waals surface area contributed by atoms with E-state index < -0.39 is 0 Å². The summed E-state index contributed by atoms with van der Waals surface area (Å²) in [5.74, 6) is 0.331. The lowest BCUT2D eigenvalue weighted by molar-refractivity contribution is 0.0600. The highest BCUT2D eigenvalue weighted by molar-refractivity contribution is 6.30. The van der Waals surface area contributed by atoms with Crippen LogP contribution in [0.2, 0.25) is 5.02 Å². The van der Waals surface area contributed by atoms with Crippen LogP contribution < -0.4 is 4.74 Å². The molecule has 1 heterocycles. The first kappa shape index (κ1) is 14.5. The van der Waals surface area contributed by atoms with E-state index in [4.69, 9.17) is 21.1 Å². The van der Waals surface area contributed by atoms with Gasteiger partial charge in [-0.25, -0.2) is 4.79 Å². The summed E-state index contributed by atoms with van der Waals surface area (Å²) in [6.07, 6.45) is 0. The lowest BCUT2D eigenvalue weighted by Crippen LogP contribution is -2.05. The number of aromatic nitrogens is 1. The maximum Gasteiger partial charge on any atom is 0.339 e. The third kappa shape index (κ3) is 2.39. The van der Waals surface area contributed by atoms with Gasteiger partial charge in [-0.3, -0.25) is 0 Å². The summed E-state index contributed by atoms with van der Waals surface area (Å²) in [5.41, 5.74) is 3.02. The number of carbonyl (C=O) groups is 1. The van der Waals surface area contributed by atoms with E-state index in [-0.39, 0.29) is 5.97 Å². The van der Waals surface area contributed by atoms with Gasteiger partial charge in [-0.2, -0.15) is 0 Å². The Morgan fingerprint density at radius 2 is 1.90 bits per heavy atom. The molecule has 0 atom stereocenters. The molecule has 0 aliphatic rings. The Balaban J connectivity index is 2.67. The molecule has 106 valence electrons. The van der Waals surface area contributed by atoms with Gasteiger partial charge in [0.25, 0.3) is 0 Å². The highest BCUT2D eigenvalue weighted by atomic mass is 35.5. The second kappa shape index (κ2) is 5.59. The van der Waals surface area contributed by atoms with E-state index >= 15 is 0 Å². The second-order valence-corrected chi connectivity index (χ2v) is 4.86. The first-order valence-corrected chi connectivity index (χ1v) is 6.48. The minimum absolute atomic E-state index is 0.356. The van der Waals surface area contributed by atoms with Gasteiger partial charge >= 0.3 is 5.97 Å². The smallest absolute Gasteiger partial charge is 0.339 e. The van der Waals surface area contributed by atoms with Gasteiger partial charge in [-0.05, 0) is 38.1 Å². The van der Waals surface area contributed by atoms with Crippen LogP contribution in [0.3, 0.4) is 0 Å². The lowest BCUT2D eigenvalue weighted by Gasteiger charge is -2.14. The highest BCUT2D eigenvalue weighted by Crippen LogP contribution is 2.30. The summed E-state index contributed by atoms with van der Waals surface area (Å²) in [5, 5.41) is 0.605. The molecule has 0 aliphatic heterocycles. The third-order valence-corrected chi connectivity index (χ3v) is 3.45. The molecule has 5 heteroatoms. The van der Waals surface area contributed by atoms with Gasteiger partial charge in [-0.1, -0.05) is 11.6 Å². The van der Waals surface area contributed by atoms with Gasteiger partial charge in [0.2, 0.25) is 0 Å². The maximum absolute atomic E-state index is 11.8. The Labute approximate surface area is 122 Å². The van der Waals surface area contributed by atoms with Gasteiger partial charge in [0.05, 0.1) is 25.5 Å². The standard InChI is InChI=1S/C15H16ClNO3/c1-9-7-12(15(18)20-4)10(2)17(9)13-8-11(16)5-6-14(13)19-3/h5-8H,1-4H3. The number of esters is 1. The van der Waals surface area contributed by atoms with Crippen molar-refractivity contribution in [3.05, 3.63) is 46.2 Å². The maximum atomic E-state index is 11.8. The number of hydrogen-bond acceptors (Lipinski definition) is 3. The number of carbonyl (C=O) groups excluding carboxylic acids is 1. The predicted molar refractivity (Wildman–Crippen MR) is 78.1 cm³/mol. The van der Waals surface area contributed by atoms with Crippen LogP contribution in [0.1, 0.15) is 21.7 Å². The van der Waals surface area contributed by atoms with Crippen molar-refractivity contribution in [1.29, 1.82) is 0 Å². The van der Waals surface area contributed by atoms with E-state index in [1.165, 1.54) is 7.11 Å². The predicted octanol–water partition coefficient (Wildman–Crippen LogP) is 3.54. The summed E-state index contributed by atoms with van der Waals surface area (Å²) in [4.78, 5) is 11.8. The number of rotatable bonds is 3. The number of halogens is 1. The molecule has 20 heavy (non-hydrogen) atoms. The van der Waals surface area contributed by atoms with E-state index in [2.05, 4.69) is 0 Å². The average molecular weight is 294 g/mol. The summed E-state index contributed by atoms with van der Waals surface area (Å²) in [6, 6.07) is 7.16. The number of methoxy groups -OCH3 is 2. The molecule has 2 aromatic rings. The number of nitrogens with zero attached hydrogens (tertiary/aromatic N) is 1. The van der Waals surface area contributed by atoms with E-state index in [9.17, 15) is 4.79 Å². The van der Waals surface area contributed by atoms with Crippen LogP contribution in [-0.2, 0) is 4.74 Å². The second-order valence-electron chi connectivity index (χ2n) is 4.43. The molecule has 0 unspecified atom stereocenters. The molecular weight excluding hydrogens is 278 g/mol. The number of aryl methyl sites for hydroxylation is 1. The molecule has 4 nitrogen and oxygen atoms in total. The van der Waals surface area contributed by atoms with Crippen LogP contribution in [0.15, 0.2) is 24.3 Å². The van der Waals surface area contributed by atoms with Crippen molar-refractivity contribution in [1.82, 2.24) is 4.57 Å². The van der Waals surface area contributed by atoms with Crippen LogP contribution >= 0.6 is 11.6 Å². The molecule has 2 rings (SSSR count). The molecule has 0 amide bonds. The van der Waals surface area contributed by atoms with E-state index in [0.29, 0.717) is 16.3 Å². The van der Waals surface area contributed by atoms with Crippen molar-refractivity contribution in [3.63, 3.8) is 0 Å². The molecule has 0 fully saturated rings. The zero-order valence-corrected chi connectivity index (χ0v) is 12.6. The van der Waals surface area contributed by atoms with Crippen molar-refractivity contribution in [2.75, 3.05) is 14.2 Å². The normalized spacial score (nSPS) is 10.4.